The SMILES string of the molecule is O=C(Nc1ccc(Br)cc1)Nc1ccc(-c2cc3cc(F)ccc3[nH]2)cc1. The fourth-order valence-corrected chi connectivity index (χ4v) is 3.08. The van der Waals surface area contributed by atoms with Crippen molar-refractivity contribution in [3.05, 3.63) is 83.1 Å². The lowest BCUT2D eigenvalue weighted by Crippen LogP contribution is -2.19. The molecule has 1 heterocycles. The molecule has 0 aliphatic carbocycles. The molecular weight excluding hydrogens is 409 g/mol. The Kier molecular flexibility index (Phi) is 4.64. The lowest BCUT2D eigenvalue weighted by atomic mass is 10.1. The first-order chi connectivity index (χ1) is 13.1. The summed E-state index contributed by atoms with van der Waals surface area (Å²) in [4.78, 5) is 15.4. The van der Waals surface area contributed by atoms with Crippen LogP contribution in [0.4, 0.5) is 20.6 Å². The molecule has 0 unspecified atom stereocenters. The summed E-state index contributed by atoms with van der Waals surface area (Å²) in [6.07, 6.45) is 0. The van der Waals surface area contributed by atoms with E-state index in [0.29, 0.717) is 11.4 Å². The molecule has 0 bridgehead atoms. The van der Waals surface area contributed by atoms with E-state index in [1.54, 1.807) is 6.07 Å². The van der Waals surface area contributed by atoms with Gasteiger partial charge in [0.2, 0.25) is 0 Å². The first kappa shape index (κ1) is 17.3. The number of aromatic amines is 1. The van der Waals surface area contributed by atoms with E-state index in [9.17, 15) is 9.18 Å². The van der Waals surface area contributed by atoms with Crippen LogP contribution in [0, 0.1) is 5.82 Å². The minimum atomic E-state index is -0.314. The number of carbonyl (C=O) groups is 1. The van der Waals surface area contributed by atoms with Crippen LogP contribution in [0.2, 0.25) is 0 Å². The van der Waals surface area contributed by atoms with Gasteiger partial charge in [0.05, 0.1) is 0 Å². The molecule has 0 spiro atoms. The highest BCUT2D eigenvalue weighted by Gasteiger charge is 2.06. The van der Waals surface area contributed by atoms with E-state index in [-0.39, 0.29) is 11.8 Å². The highest BCUT2D eigenvalue weighted by atomic mass is 79.9. The number of halogens is 2. The smallest absolute Gasteiger partial charge is 0.323 e. The van der Waals surface area contributed by atoms with Crippen LogP contribution in [0.5, 0.6) is 0 Å². The van der Waals surface area contributed by atoms with E-state index in [1.165, 1.54) is 12.1 Å². The summed E-state index contributed by atoms with van der Waals surface area (Å²) in [5.41, 5.74) is 4.10. The van der Waals surface area contributed by atoms with Crippen molar-refractivity contribution in [2.24, 2.45) is 0 Å². The van der Waals surface area contributed by atoms with Crippen molar-refractivity contribution >= 4 is 44.2 Å². The number of hydrogen-bond donors (Lipinski definition) is 3. The first-order valence-corrected chi connectivity index (χ1v) is 9.08. The third-order valence-electron chi connectivity index (χ3n) is 4.14. The fraction of sp³-hybridized carbons (Fsp3) is 0. The lowest BCUT2D eigenvalue weighted by molar-refractivity contribution is 0.262. The Balaban J connectivity index is 1.46. The molecule has 0 saturated heterocycles. The molecule has 1 aromatic heterocycles. The predicted molar refractivity (Wildman–Crippen MR) is 110 cm³/mol. The Morgan fingerprint density at radius 2 is 1.48 bits per heavy atom. The van der Waals surface area contributed by atoms with Crippen LogP contribution in [0.15, 0.2) is 77.3 Å². The number of benzene rings is 3. The Labute approximate surface area is 163 Å². The van der Waals surface area contributed by atoms with Crippen molar-refractivity contribution in [3.63, 3.8) is 0 Å². The molecule has 4 aromatic rings. The summed E-state index contributed by atoms with van der Waals surface area (Å²) in [6, 6.07) is 21.0. The molecule has 0 aliphatic rings. The molecule has 0 radical (unpaired) electrons. The topological polar surface area (TPSA) is 56.9 Å². The van der Waals surface area contributed by atoms with Gasteiger partial charge in [-0.25, -0.2) is 9.18 Å². The number of fused-ring (bicyclic) bond motifs is 1. The Bertz CT molecular complexity index is 1100. The van der Waals surface area contributed by atoms with Gasteiger partial charge >= 0.3 is 6.03 Å². The van der Waals surface area contributed by atoms with Crippen LogP contribution in [0.25, 0.3) is 22.2 Å². The summed E-state index contributed by atoms with van der Waals surface area (Å²) in [5, 5.41) is 6.39. The fourth-order valence-electron chi connectivity index (χ4n) is 2.82. The predicted octanol–water partition coefficient (Wildman–Crippen LogP) is 6.38. The van der Waals surface area contributed by atoms with E-state index < -0.39 is 0 Å². The molecule has 0 aliphatic heterocycles. The van der Waals surface area contributed by atoms with Gasteiger partial charge < -0.3 is 15.6 Å². The van der Waals surface area contributed by atoms with Gasteiger partial charge in [0.15, 0.2) is 0 Å². The molecule has 4 nitrogen and oxygen atoms in total. The maximum absolute atomic E-state index is 13.3. The molecule has 0 atom stereocenters. The van der Waals surface area contributed by atoms with Gasteiger partial charge in [0, 0.05) is 32.4 Å². The second-order valence-electron chi connectivity index (χ2n) is 6.08. The van der Waals surface area contributed by atoms with Gasteiger partial charge in [-0.1, -0.05) is 28.1 Å². The molecule has 2 amide bonds. The Morgan fingerprint density at radius 1 is 0.852 bits per heavy atom. The Hall–Kier alpha value is -3.12. The van der Waals surface area contributed by atoms with E-state index in [4.69, 9.17) is 0 Å². The normalized spacial score (nSPS) is 10.7. The third kappa shape index (κ3) is 4.01. The summed E-state index contributed by atoms with van der Waals surface area (Å²) < 4.78 is 14.3. The number of amides is 2. The van der Waals surface area contributed by atoms with Crippen LogP contribution < -0.4 is 10.6 Å². The van der Waals surface area contributed by atoms with Crippen LogP contribution in [-0.2, 0) is 0 Å². The number of aromatic nitrogens is 1. The van der Waals surface area contributed by atoms with Crippen LogP contribution in [0.3, 0.4) is 0 Å². The largest absolute Gasteiger partial charge is 0.355 e. The number of anilines is 2. The van der Waals surface area contributed by atoms with E-state index in [1.807, 2.05) is 54.6 Å². The van der Waals surface area contributed by atoms with Gasteiger partial charge in [0.1, 0.15) is 5.82 Å². The first-order valence-electron chi connectivity index (χ1n) is 8.29. The number of nitrogens with one attached hydrogen (secondary N) is 3. The minimum Gasteiger partial charge on any atom is -0.355 e. The maximum atomic E-state index is 13.3. The van der Waals surface area contributed by atoms with Gasteiger partial charge in [-0.3, -0.25) is 0 Å². The zero-order valence-electron chi connectivity index (χ0n) is 14.1. The molecule has 3 aromatic carbocycles. The number of rotatable bonds is 3. The van der Waals surface area contributed by atoms with Gasteiger partial charge in [-0.05, 0) is 66.2 Å². The van der Waals surface area contributed by atoms with Crippen molar-refractivity contribution in [1.29, 1.82) is 0 Å². The molecule has 0 saturated carbocycles. The standard InChI is InChI=1S/C21H15BrFN3O/c22-15-3-8-18(9-4-15)25-21(27)24-17-6-1-13(2-7-17)20-12-14-11-16(23)5-10-19(14)26-20/h1-12,26H,(H2,24,25,27). The number of hydrogen-bond acceptors (Lipinski definition) is 1. The van der Waals surface area contributed by atoms with Crippen LogP contribution in [0.1, 0.15) is 0 Å². The highest BCUT2D eigenvalue weighted by molar-refractivity contribution is 9.10. The minimum absolute atomic E-state index is 0.260. The van der Waals surface area contributed by atoms with Crippen molar-refractivity contribution in [2.45, 2.75) is 0 Å². The molecule has 27 heavy (non-hydrogen) atoms. The second kappa shape index (κ2) is 7.25. The molecule has 3 N–H and O–H groups in total. The maximum Gasteiger partial charge on any atom is 0.323 e. The quantitative estimate of drug-likeness (QED) is 0.351. The van der Waals surface area contributed by atoms with Crippen molar-refractivity contribution in [2.75, 3.05) is 10.6 Å². The molecule has 6 heteroatoms. The summed E-state index contributed by atoms with van der Waals surface area (Å²) in [6.45, 7) is 0. The van der Waals surface area contributed by atoms with Gasteiger partial charge in [0.25, 0.3) is 0 Å². The molecule has 0 fully saturated rings. The van der Waals surface area contributed by atoms with Crippen LogP contribution >= 0.6 is 15.9 Å². The van der Waals surface area contributed by atoms with Gasteiger partial charge in [-0.15, -0.1) is 0 Å². The van der Waals surface area contributed by atoms with Gasteiger partial charge in [-0.2, -0.15) is 0 Å². The summed E-state index contributed by atoms with van der Waals surface area (Å²) >= 11 is 3.36. The monoisotopic (exact) mass is 423 g/mol. The third-order valence-corrected chi connectivity index (χ3v) is 4.67. The van der Waals surface area contributed by atoms with E-state index >= 15 is 0 Å². The van der Waals surface area contributed by atoms with E-state index in [0.717, 1.165) is 26.6 Å². The van der Waals surface area contributed by atoms with E-state index in [2.05, 4.69) is 31.5 Å². The number of carbonyl (C=O) groups excluding carboxylic acids is 1. The lowest BCUT2D eigenvalue weighted by Gasteiger charge is -2.08. The average Bonchev–Trinajstić information content (AvgIpc) is 3.07. The zero-order chi connectivity index (χ0) is 18.8. The average molecular weight is 424 g/mol. The second-order valence-corrected chi connectivity index (χ2v) is 6.99. The summed E-state index contributed by atoms with van der Waals surface area (Å²) in [7, 11) is 0. The van der Waals surface area contributed by atoms with Crippen molar-refractivity contribution < 1.29 is 9.18 Å². The summed E-state index contributed by atoms with van der Waals surface area (Å²) in [5.74, 6) is -0.260. The molecule has 4 rings (SSSR count). The zero-order valence-corrected chi connectivity index (χ0v) is 15.7. The van der Waals surface area contributed by atoms with Crippen molar-refractivity contribution in [1.82, 2.24) is 4.98 Å². The molecule has 134 valence electrons. The number of urea groups is 1. The van der Waals surface area contributed by atoms with Crippen molar-refractivity contribution in [3.8, 4) is 11.3 Å². The van der Waals surface area contributed by atoms with Crippen LogP contribution in [-0.4, -0.2) is 11.0 Å². The highest BCUT2D eigenvalue weighted by Crippen LogP contribution is 2.26. The molecular formula is C21H15BrFN3O. The number of H-pyrrole nitrogens is 1. The Morgan fingerprint density at radius 3 is 2.15 bits per heavy atom.